The number of anilines is 1. The van der Waals surface area contributed by atoms with Gasteiger partial charge in [0.25, 0.3) is 0 Å². The summed E-state index contributed by atoms with van der Waals surface area (Å²) in [6.45, 7) is 5.58. The van der Waals surface area contributed by atoms with Crippen LogP contribution in [0, 0.1) is 0 Å². The van der Waals surface area contributed by atoms with Gasteiger partial charge < -0.3 is 10.2 Å². The molecule has 2 nitrogen and oxygen atoms in total. The molecular weight excluding hydrogens is 256 g/mol. The van der Waals surface area contributed by atoms with E-state index in [1.807, 2.05) is 0 Å². The first-order valence-corrected chi connectivity index (χ1v) is 7.93. The first kappa shape index (κ1) is 14.2. The number of hydrogen-bond acceptors (Lipinski definition) is 2. The topological polar surface area (TPSA) is 15.3 Å². The zero-order valence-corrected chi connectivity index (χ0v) is 12.8. The van der Waals surface area contributed by atoms with Gasteiger partial charge >= 0.3 is 0 Å². The summed E-state index contributed by atoms with van der Waals surface area (Å²) in [6.07, 6.45) is 2.22. The molecule has 1 aliphatic rings. The number of para-hydroxylation sites is 1. The summed E-state index contributed by atoms with van der Waals surface area (Å²) < 4.78 is 0. The van der Waals surface area contributed by atoms with Crippen molar-refractivity contribution in [3.8, 4) is 0 Å². The Morgan fingerprint density at radius 3 is 2.62 bits per heavy atom. The zero-order valence-electron chi connectivity index (χ0n) is 12.8. The standard InChI is InChI=1S/C19H24N2/c1-16-11-13-21(14-12-20-16)19-10-6-5-9-18(19)15-17-7-3-2-4-8-17/h2-10,16,20H,11-15H2,1H3. The van der Waals surface area contributed by atoms with Gasteiger partial charge in [-0.25, -0.2) is 0 Å². The maximum absolute atomic E-state index is 3.57. The van der Waals surface area contributed by atoms with Crippen LogP contribution in [-0.2, 0) is 6.42 Å². The van der Waals surface area contributed by atoms with Crippen LogP contribution in [0.1, 0.15) is 24.5 Å². The fraction of sp³-hybridized carbons (Fsp3) is 0.368. The Hall–Kier alpha value is -1.80. The molecule has 1 unspecified atom stereocenters. The molecular formula is C19H24N2. The molecule has 2 heteroatoms. The summed E-state index contributed by atoms with van der Waals surface area (Å²) in [4.78, 5) is 2.54. The van der Waals surface area contributed by atoms with Crippen LogP contribution in [0.5, 0.6) is 0 Å². The van der Waals surface area contributed by atoms with E-state index in [9.17, 15) is 0 Å². The highest BCUT2D eigenvalue weighted by Gasteiger charge is 2.15. The molecule has 0 aromatic heterocycles. The van der Waals surface area contributed by atoms with Crippen molar-refractivity contribution in [1.82, 2.24) is 5.32 Å². The molecule has 0 saturated carbocycles. The quantitative estimate of drug-likeness (QED) is 0.926. The lowest BCUT2D eigenvalue weighted by molar-refractivity contribution is 0.566. The highest BCUT2D eigenvalue weighted by Crippen LogP contribution is 2.24. The molecule has 0 radical (unpaired) electrons. The van der Waals surface area contributed by atoms with Gasteiger partial charge in [0.05, 0.1) is 0 Å². The third-order valence-corrected chi connectivity index (χ3v) is 4.28. The third kappa shape index (κ3) is 3.64. The van der Waals surface area contributed by atoms with E-state index in [0.717, 1.165) is 26.1 Å². The van der Waals surface area contributed by atoms with E-state index in [4.69, 9.17) is 0 Å². The maximum Gasteiger partial charge on any atom is 0.0402 e. The fourth-order valence-electron chi connectivity index (χ4n) is 3.03. The molecule has 1 atom stereocenters. The summed E-state index contributed by atoms with van der Waals surface area (Å²) in [5, 5.41) is 3.57. The second-order valence-electron chi connectivity index (χ2n) is 5.92. The molecule has 3 rings (SSSR count). The van der Waals surface area contributed by atoms with Crippen LogP contribution in [0.25, 0.3) is 0 Å². The second-order valence-corrected chi connectivity index (χ2v) is 5.92. The van der Waals surface area contributed by atoms with Gasteiger partial charge in [-0.1, -0.05) is 48.5 Å². The van der Waals surface area contributed by atoms with Gasteiger partial charge in [-0.3, -0.25) is 0 Å². The predicted molar refractivity (Wildman–Crippen MR) is 90.0 cm³/mol. The Bertz CT molecular complexity index is 565. The maximum atomic E-state index is 3.57. The van der Waals surface area contributed by atoms with Gasteiger partial charge in [0.2, 0.25) is 0 Å². The second kappa shape index (κ2) is 6.77. The van der Waals surface area contributed by atoms with Crippen molar-refractivity contribution < 1.29 is 0 Å². The van der Waals surface area contributed by atoms with Crippen LogP contribution in [-0.4, -0.2) is 25.7 Å². The van der Waals surface area contributed by atoms with Crippen LogP contribution in [0.4, 0.5) is 5.69 Å². The van der Waals surface area contributed by atoms with Crippen molar-refractivity contribution in [3.63, 3.8) is 0 Å². The third-order valence-electron chi connectivity index (χ3n) is 4.28. The van der Waals surface area contributed by atoms with E-state index >= 15 is 0 Å². The largest absolute Gasteiger partial charge is 0.370 e. The molecule has 0 bridgehead atoms. The fourth-order valence-corrected chi connectivity index (χ4v) is 3.03. The number of nitrogens with zero attached hydrogens (tertiary/aromatic N) is 1. The molecule has 2 aromatic carbocycles. The van der Waals surface area contributed by atoms with E-state index in [0.29, 0.717) is 6.04 Å². The minimum Gasteiger partial charge on any atom is -0.370 e. The monoisotopic (exact) mass is 280 g/mol. The van der Waals surface area contributed by atoms with Crippen molar-refractivity contribution in [1.29, 1.82) is 0 Å². The molecule has 21 heavy (non-hydrogen) atoms. The Morgan fingerprint density at radius 1 is 1.00 bits per heavy atom. The minimum absolute atomic E-state index is 0.622. The predicted octanol–water partition coefficient (Wildman–Crippen LogP) is 3.47. The van der Waals surface area contributed by atoms with Gasteiger partial charge in [-0.15, -0.1) is 0 Å². The molecule has 2 aromatic rings. The van der Waals surface area contributed by atoms with E-state index in [2.05, 4.69) is 71.7 Å². The first-order valence-electron chi connectivity index (χ1n) is 7.93. The average Bonchev–Trinajstić information content (AvgIpc) is 2.74. The lowest BCUT2D eigenvalue weighted by Gasteiger charge is -2.25. The lowest BCUT2D eigenvalue weighted by atomic mass is 10.0. The summed E-state index contributed by atoms with van der Waals surface area (Å²) >= 11 is 0. The molecule has 110 valence electrons. The molecule has 1 heterocycles. The molecule has 1 aliphatic heterocycles. The Morgan fingerprint density at radius 2 is 1.76 bits per heavy atom. The lowest BCUT2D eigenvalue weighted by Crippen LogP contribution is -2.29. The van der Waals surface area contributed by atoms with Crippen LogP contribution in [0.15, 0.2) is 54.6 Å². The van der Waals surface area contributed by atoms with Gasteiger partial charge in [0.1, 0.15) is 0 Å². The van der Waals surface area contributed by atoms with Crippen LogP contribution >= 0.6 is 0 Å². The van der Waals surface area contributed by atoms with Crippen molar-refractivity contribution in [2.75, 3.05) is 24.5 Å². The van der Waals surface area contributed by atoms with Gasteiger partial charge in [0, 0.05) is 31.4 Å². The first-order chi connectivity index (χ1) is 10.3. The normalized spacial score (nSPS) is 19.3. The van der Waals surface area contributed by atoms with E-state index in [-0.39, 0.29) is 0 Å². The molecule has 1 N–H and O–H groups in total. The zero-order chi connectivity index (χ0) is 14.5. The summed E-state index contributed by atoms with van der Waals surface area (Å²) in [5.41, 5.74) is 4.21. The molecule has 0 spiro atoms. The van der Waals surface area contributed by atoms with Gasteiger partial charge in [-0.2, -0.15) is 0 Å². The van der Waals surface area contributed by atoms with E-state index in [1.165, 1.54) is 23.2 Å². The number of benzene rings is 2. The Kier molecular flexibility index (Phi) is 4.56. The molecule has 1 saturated heterocycles. The SMILES string of the molecule is CC1CCN(c2ccccc2Cc2ccccc2)CCN1. The molecule has 0 aliphatic carbocycles. The van der Waals surface area contributed by atoms with Crippen molar-refractivity contribution in [2.45, 2.75) is 25.8 Å². The van der Waals surface area contributed by atoms with Crippen molar-refractivity contribution in [3.05, 3.63) is 65.7 Å². The van der Waals surface area contributed by atoms with Crippen LogP contribution < -0.4 is 10.2 Å². The highest BCUT2D eigenvalue weighted by atomic mass is 15.2. The Balaban J connectivity index is 1.82. The average molecular weight is 280 g/mol. The van der Waals surface area contributed by atoms with Gasteiger partial charge in [-0.05, 0) is 37.0 Å². The van der Waals surface area contributed by atoms with E-state index < -0.39 is 0 Å². The Labute approximate surface area is 127 Å². The molecule has 1 fully saturated rings. The number of nitrogens with one attached hydrogen (secondary N) is 1. The van der Waals surface area contributed by atoms with E-state index in [1.54, 1.807) is 0 Å². The van der Waals surface area contributed by atoms with Gasteiger partial charge in [0.15, 0.2) is 0 Å². The van der Waals surface area contributed by atoms with Crippen LogP contribution in [0.3, 0.4) is 0 Å². The van der Waals surface area contributed by atoms with Crippen molar-refractivity contribution >= 4 is 5.69 Å². The summed E-state index contributed by atoms with van der Waals surface area (Å²) in [6, 6.07) is 20.2. The smallest absolute Gasteiger partial charge is 0.0402 e. The minimum atomic E-state index is 0.622. The highest BCUT2D eigenvalue weighted by molar-refractivity contribution is 5.55. The summed E-state index contributed by atoms with van der Waals surface area (Å²) in [5.74, 6) is 0. The number of hydrogen-bond donors (Lipinski definition) is 1. The summed E-state index contributed by atoms with van der Waals surface area (Å²) in [7, 11) is 0. The molecule has 0 amide bonds. The number of rotatable bonds is 3. The van der Waals surface area contributed by atoms with Crippen LogP contribution in [0.2, 0.25) is 0 Å². The van der Waals surface area contributed by atoms with Crippen molar-refractivity contribution in [2.24, 2.45) is 0 Å².